The van der Waals surface area contributed by atoms with Crippen LogP contribution in [-0.2, 0) is 9.53 Å². The van der Waals surface area contributed by atoms with Gasteiger partial charge in [0.1, 0.15) is 11.3 Å². The maximum absolute atomic E-state index is 11.1. The summed E-state index contributed by atoms with van der Waals surface area (Å²) in [5.41, 5.74) is 0.219. The van der Waals surface area contributed by atoms with Crippen LogP contribution in [0.5, 0.6) is 5.75 Å². The second-order valence-electron chi connectivity index (χ2n) is 6.56. The van der Waals surface area contributed by atoms with Gasteiger partial charge in [-0.3, -0.25) is 0 Å². The van der Waals surface area contributed by atoms with E-state index in [1.54, 1.807) is 24.3 Å². The van der Waals surface area contributed by atoms with Gasteiger partial charge in [0.25, 0.3) is 0 Å². The zero-order chi connectivity index (χ0) is 19.7. The second kappa shape index (κ2) is 14.8. The summed E-state index contributed by atoms with van der Waals surface area (Å²) in [6, 6.07) is 6.75. The smallest absolute Gasteiger partial charge is 0.339 e. The van der Waals surface area contributed by atoms with E-state index in [0.717, 1.165) is 25.7 Å². The van der Waals surface area contributed by atoms with Crippen molar-refractivity contribution in [2.24, 2.45) is 0 Å². The summed E-state index contributed by atoms with van der Waals surface area (Å²) in [6.07, 6.45) is 12.6. The van der Waals surface area contributed by atoms with Crippen LogP contribution in [-0.4, -0.2) is 30.3 Å². The minimum absolute atomic E-state index is 0.219. The predicted octanol–water partition coefficient (Wildman–Crippen LogP) is 5.39. The number of unbranched alkanes of at least 4 members (excludes halogenated alkanes) is 9. The summed E-state index contributed by atoms with van der Waals surface area (Å²) in [7, 11) is 0. The molecular formula is C22H32O5. The number of esters is 1. The molecule has 1 N–H and O–H groups in total. The van der Waals surface area contributed by atoms with Gasteiger partial charge in [-0.2, -0.15) is 0 Å². The molecule has 5 nitrogen and oxygen atoms in total. The predicted molar refractivity (Wildman–Crippen MR) is 106 cm³/mol. The number of ether oxygens (including phenoxy) is 2. The Bertz CT molecular complexity index is 568. The first-order chi connectivity index (χ1) is 13.1. The number of carboxylic acid groups (broad SMARTS) is 1. The molecule has 27 heavy (non-hydrogen) atoms. The average Bonchev–Trinajstić information content (AvgIpc) is 2.68. The highest BCUT2D eigenvalue weighted by molar-refractivity contribution is 5.90. The van der Waals surface area contributed by atoms with E-state index in [-0.39, 0.29) is 11.5 Å². The van der Waals surface area contributed by atoms with Crippen LogP contribution < -0.4 is 4.74 Å². The Balaban J connectivity index is 1.89. The van der Waals surface area contributed by atoms with Crippen LogP contribution in [0.2, 0.25) is 0 Å². The van der Waals surface area contributed by atoms with E-state index in [0.29, 0.717) is 19.0 Å². The van der Waals surface area contributed by atoms with Gasteiger partial charge >= 0.3 is 11.9 Å². The third-order valence-electron chi connectivity index (χ3n) is 4.32. The van der Waals surface area contributed by atoms with Crippen molar-refractivity contribution in [3.05, 3.63) is 42.5 Å². The maximum Gasteiger partial charge on any atom is 0.339 e. The van der Waals surface area contributed by atoms with Crippen LogP contribution in [0.3, 0.4) is 0 Å². The number of aromatic carboxylic acids is 1. The van der Waals surface area contributed by atoms with Crippen molar-refractivity contribution in [1.29, 1.82) is 0 Å². The lowest BCUT2D eigenvalue weighted by atomic mass is 10.1. The summed E-state index contributed by atoms with van der Waals surface area (Å²) in [5, 5.41) is 9.10. The van der Waals surface area contributed by atoms with Gasteiger partial charge in [-0.05, 0) is 25.0 Å². The molecule has 0 aliphatic heterocycles. The SMILES string of the molecule is C=CC(=O)OCCCCCCCCCCCCOc1ccccc1C(=O)O. The quantitative estimate of drug-likeness (QED) is 0.238. The largest absolute Gasteiger partial charge is 0.493 e. The molecule has 0 unspecified atom stereocenters. The second-order valence-corrected chi connectivity index (χ2v) is 6.56. The van der Waals surface area contributed by atoms with Gasteiger partial charge in [0.2, 0.25) is 0 Å². The molecular weight excluding hydrogens is 344 g/mol. The normalized spacial score (nSPS) is 10.4. The van der Waals surface area contributed by atoms with Crippen molar-refractivity contribution < 1.29 is 24.2 Å². The molecule has 0 atom stereocenters. The highest BCUT2D eigenvalue weighted by atomic mass is 16.5. The summed E-state index contributed by atoms with van der Waals surface area (Å²) in [5.74, 6) is -0.848. The topological polar surface area (TPSA) is 72.8 Å². The van der Waals surface area contributed by atoms with Gasteiger partial charge in [0, 0.05) is 6.08 Å². The Kier molecular flexibility index (Phi) is 12.5. The zero-order valence-electron chi connectivity index (χ0n) is 16.2. The van der Waals surface area contributed by atoms with Crippen LogP contribution in [0.4, 0.5) is 0 Å². The molecule has 150 valence electrons. The van der Waals surface area contributed by atoms with E-state index in [1.165, 1.54) is 44.6 Å². The molecule has 0 saturated carbocycles. The first-order valence-corrected chi connectivity index (χ1v) is 9.89. The molecule has 0 saturated heterocycles. The minimum atomic E-state index is -0.955. The molecule has 0 fully saturated rings. The minimum Gasteiger partial charge on any atom is -0.493 e. The Morgan fingerprint density at radius 2 is 1.37 bits per heavy atom. The van der Waals surface area contributed by atoms with Gasteiger partial charge in [-0.25, -0.2) is 9.59 Å². The lowest BCUT2D eigenvalue weighted by Gasteiger charge is -2.08. The number of carbonyl (C=O) groups is 2. The third kappa shape index (κ3) is 11.1. The van der Waals surface area contributed by atoms with Gasteiger partial charge in [0.05, 0.1) is 13.2 Å². The fourth-order valence-electron chi connectivity index (χ4n) is 2.80. The fourth-order valence-corrected chi connectivity index (χ4v) is 2.80. The van der Waals surface area contributed by atoms with Gasteiger partial charge < -0.3 is 14.6 Å². The Morgan fingerprint density at radius 3 is 1.93 bits per heavy atom. The molecule has 1 aromatic rings. The van der Waals surface area contributed by atoms with Crippen molar-refractivity contribution in [2.45, 2.75) is 64.2 Å². The molecule has 0 aromatic heterocycles. The summed E-state index contributed by atoms with van der Waals surface area (Å²) < 4.78 is 10.5. The summed E-state index contributed by atoms with van der Waals surface area (Å²) >= 11 is 0. The molecule has 1 rings (SSSR count). The Labute approximate surface area is 162 Å². The molecule has 0 spiro atoms. The van der Waals surface area contributed by atoms with E-state index in [1.807, 2.05) is 0 Å². The highest BCUT2D eigenvalue weighted by Crippen LogP contribution is 2.18. The maximum atomic E-state index is 11.1. The first kappa shape index (κ1) is 22.7. The Hall–Kier alpha value is -2.30. The van der Waals surface area contributed by atoms with Gasteiger partial charge in [-0.1, -0.05) is 70.1 Å². The van der Waals surface area contributed by atoms with E-state index in [4.69, 9.17) is 14.6 Å². The average molecular weight is 376 g/mol. The van der Waals surface area contributed by atoms with Gasteiger partial charge in [0.15, 0.2) is 0 Å². The monoisotopic (exact) mass is 376 g/mol. The molecule has 0 radical (unpaired) electrons. The van der Waals surface area contributed by atoms with Crippen LogP contribution in [0.25, 0.3) is 0 Å². The van der Waals surface area contributed by atoms with Crippen LogP contribution in [0.1, 0.15) is 74.6 Å². The molecule has 0 aliphatic rings. The van der Waals surface area contributed by atoms with Crippen molar-refractivity contribution in [2.75, 3.05) is 13.2 Å². The van der Waals surface area contributed by atoms with Crippen molar-refractivity contribution in [1.82, 2.24) is 0 Å². The fraction of sp³-hybridized carbons (Fsp3) is 0.545. The zero-order valence-corrected chi connectivity index (χ0v) is 16.2. The van der Waals surface area contributed by atoms with Crippen LogP contribution in [0.15, 0.2) is 36.9 Å². The van der Waals surface area contributed by atoms with Crippen molar-refractivity contribution >= 4 is 11.9 Å². The number of para-hydroxylation sites is 1. The van der Waals surface area contributed by atoms with Crippen LogP contribution in [0, 0.1) is 0 Å². The van der Waals surface area contributed by atoms with E-state index in [9.17, 15) is 9.59 Å². The first-order valence-electron chi connectivity index (χ1n) is 9.89. The number of benzene rings is 1. The summed E-state index contributed by atoms with van der Waals surface area (Å²) in [4.78, 5) is 21.9. The van der Waals surface area contributed by atoms with E-state index >= 15 is 0 Å². The molecule has 0 heterocycles. The van der Waals surface area contributed by atoms with E-state index < -0.39 is 5.97 Å². The lowest BCUT2D eigenvalue weighted by Crippen LogP contribution is -2.04. The van der Waals surface area contributed by atoms with Crippen LogP contribution >= 0.6 is 0 Å². The molecule has 5 heteroatoms. The molecule has 0 aliphatic carbocycles. The van der Waals surface area contributed by atoms with Crippen molar-refractivity contribution in [3.63, 3.8) is 0 Å². The van der Waals surface area contributed by atoms with E-state index in [2.05, 4.69) is 6.58 Å². The van der Waals surface area contributed by atoms with Crippen molar-refractivity contribution in [3.8, 4) is 5.75 Å². The molecule has 0 amide bonds. The Morgan fingerprint density at radius 1 is 0.852 bits per heavy atom. The standard InChI is InChI=1S/C22H32O5/c1-2-21(23)27-18-14-10-8-6-4-3-5-7-9-13-17-26-20-16-12-11-15-19(20)22(24)25/h2,11-12,15-16H,1,3-10,13-14,17-18H2,(H,24,25). The third-order valence-corrected chi connectivity index (χ3v) is 4.32. The number of hydrogen-bond donors (Lipinski definition) is 1. The summed E-state index contributed by atoms with van der Waals surface area (Å²) in [6.45, 7) is 4.41. The highest BCUT2D eigenvalue weighted by Gasteiger charge is 2.09. The molecule has 1 aromatic carbocycles. The number of carboxylic acids is 1. The van der Waals surface area contributed by atoms with Gasteiger partial charge in [-0.15, -0.1) is 0 Å². The number of rotatable bonds is 16. The molecule has 0 bridgehead atoms. The lowest BCUT2D eigenvalue weighted by molar-refractivity contribution is -0.137. The number of hydrogen-bond acceptors (Lipinski definition) is 4. The number of carbonyl (C=O) groups excluding carboxylic acids is 1.